The molecule has 2 atom stereocenters. The smallest absolute Gasteiger partial charge is 0.321 e. The van der Waals surface area contributed by atoms with E-state index in [4.69, 9.17) is 10.2 Å². The fraction of sp³-hybridized carbons (Fsp3) is 0.750. The molecule has 1 radical (unpaired) electrons. The topological polar surface area (TPSA) is 127 Å². The van der Waals surface area contributed by atoms with Gasteiger partial charge in [0.25, 0.3) is 0 Å². The van der Waals surface area contributed by atoms with Crippen molar-refractivity contribution in [1.82, 2.24) is 10.6 Å². The summed E-state index contributed by atoms with van der Waals surface area (Å²) in [5.74, 6) is -1.58. The Bertz CT molecular complexity index is 224. The average molecular weight is 383 g/mol. The Balaban J connectivity index is -0.00000112. The summed E-state index contributed by atoms with van der Waals surface area (Å²) in [6.07, 6.45) is 0. The molecule has 0 aromatic heterocycles. The normalized spacial score (nSPS) is 12.8. The van der Waals surface area contributed by atoms with Crippen molar-refractivity contribution in [1.29, 1.82) is 0 Å². The zero-order valence-corrected chi connectivity index (χ0v) is 13.0. The average Bonchev–Trinajstić information content (AvgIpc) is 2.22. The van der Waals surface area contributed by atoms with Crippen molar-refractivity contribution in [3.8, 4) is 0 Å². The number of aliphatic carboxylic acids is 2. The van der Waals surface area contributed by atoms with Crippen molar-refractivity contribution in [3.63, 3.8) is 0 Å². The van der Waals surface area contributed by atoms with Crippen LogP contribution in [0.25, 0.3) is 0 Å². The number of nitrogens with one attached hydrogen (secondary N) is 2. The van der Waals surface area contributed by atoms with Gasteiger partial charge < -0.3 is 26.3 Å². The van der Waals surface area contributed by atoms with Crippen LogP contribution in [0.2, 0.25) is 0 Å². The van der Waals surface area contributed by atoms with Crippen molar-refractivity contribution >= 4 is 37.2 Å². The number of carbonyl (C=O) groups is 2. The van der Waals surface area contributed by atoms with Gasteiger partial charge in [-0.05, 0) is 0 Å². The van der Waals surface area contributed by atoms with Crippen molar-refractivity contribution in [3.05, 3.63) is 0 Å². The summed E-state index contributed by atoms with van der Waals surface area (Å²) in [7, 11) is 0. The second kappa shape index (κ2) is 13.6. The Morgan fingerprint density at radius 2 is 1.22 bits per heavy atom. The fourth-order valence-corrected chi connectivity index (χ4v) is 1.52. The van der Waals surface area contributed by atoms with Crippen LogP contribution in [0.4, 0.5) is 0 Å². The molecule has 0 aliphatic carbocycles. The van der Waals surface area contributed by atoms with Gasteiger partial charge in [-0.1, -0.05) is 0 Å². The van der Waals surface area contributed by atoms with E-state index >= 15 is 0 Å². The van der Waals surface area contributed by atoms with Gasteiger partial charge in [0, 0.05) is 44.7 Å². The maximum atomic E-state index is 10.6. The van der Waals surface area contributed by atoms with Gasteiger partial charge in [0.05, 0.1) is 0 Å². The van der Waals surface area contributed by atoms with Crippen molar-refractivity contribution < 1.29 is 45.4 Å². The number of thiol groups is 2. The van der Waals surface area contributed by atoms with Crippen LogP contribution in [0, 0.1) is 0 Å². The Hall–Kier alpha value is 0.169. The van der Waals surface area contributed by atoms with Crippen LogP contribution < -0.4 is 10.6 Å². The number of carboxylic acid groups (broad SMARTS) is 2. The number of rotatable bonds is 9. The van der Waals surface area contributed by atoms with Gasteiger partial charge in [0.1, 0.15) is 12.1 Å². The summed E-state index contributed by atoms with van der Waals surface area (Å²) >= 11 is 7.76. The molecule has 0 rings (SSSR count). The van der Waals surface area contributed by atoms with E-state index in [-0.39, 0.29) is 37.1 Å². The van der Waals surface area contributed by atoms with Gasteiger partial charge >= 0.3 is 11.9 Å². The monoisotopic (exact) mass is 383 g/mol. The quantitative estimate of drug-likeness (QED) is 0.220. The zero-order chi connectivity index (χ0) is 12.6. The van der Waals surface area contributed by atoms with E-state index in [2.05, 4.69) is 35.9 Å². The second-order valence-corrected chi connectivity index (χ2v) is 3.79. The molecule has 0 saturated heterocycles. The van der Waals surface area contributed by atoms with Gasteiger partial charge in [0.15, 0.2) is 0 Å². The molecule has 0 amide bonds. The van der Waals surface area contributed by atoms with Gasteiger partial charge in [-0.15, -0.1) is 0 Å². The predicted molar refractivity (Wildman–Crippen MR) is 67.2 cm³/mol. The van der Waals surface area contributed by atoms with Gasteiger partial charge in [-0.25, -0.2) is 0 Å². The molecule has 0 aromatic rings. The largest absolute Gasteiger partial charge is 2.00 e. The minimum atomic E-state index is -0.973. The van der Waals surface area contributed by atoms with Crippen molar-refractivity contribution in [2.24, 2.45) is 0 Å². The SMILES string of the molecule is O=C(O)C(CS)NCCN[C@H](CS)C(=O)O.[99Tc].[O-2]. The molecule has 0 aliphatic rings. The molecule has 0 heterocycles. The molecule has 0 bridgehead atoms. The van der Waals surface area contributed by atoms with E-state index in [9.17, 15) is 9.59 Å². The van der Waals surface area contributed by atoms with Gasteiger partial charge in [-0.2, -0.15) is 25.3 Å². The van der Waals surface area contributed by atoms with E-state index in [1.54, 1.807) is 0 Å². The van der Waals surface area contributed by atoms with E-state index in [0.29, 0.717) is 13.1 Å². The molecule has 4 N–H and O–H groups in total. The van der Waals surface area contributed by atoms with Crippen LogP contribution in [0.15, 0.2) is 0 Å². The molecular formula is C8H16N2O5S2Tc-2. The molecule has 0 spiro atoms. The number of hydrogen-bond acceptors (Lipinski definition) is 6. The fourth-order valence-electron chi connectivity index (χ4n) is 0.953. The van der Waals surface area contributed by atoms with Crippen molar-refractivity contribution in [2.45, 2.75) is 12.1 Å². The molecule has 7 nitrogen and oxygen atoms in total. The molecule has 109 valence electrons. The molecule has 18 heavy (non-hydrogen) atoms. The Morgan fingerprint density at radius 1 is 0.944 bits per heavy atom. The van der Waals surface area contributed by atoms with Crippen LogP contribution in [-0.4, -0.2) is 58.8 Å². The summed E-state index contributed by atoms with van der Waals surface area (Å²) in [4.78, 5) is 21.2. The van der Waals surface area contributed by atoms with Crippen LogP contribution in [0.1, 0.15) is 0 Å². The molecule has 0 fully saturated rings. The van der Waals surface area contributed by atoms with Gasteiger partial charge in [-0.3, -0.25) is 9.59 Å². The number of hydrogen-bond donors (Lipinski definition) is 6. The van der Waals surface area contributed by atoms with Crippen LogP contribution in [0.5, 0.6) is 0 Å². The minimum absolute atomic E-state index is 0. The Labute approximate surface area is 130 Å². The summed E-state index contributed by atoms with van der Waals surface area (Å²) in [6, 6.07) is -1.44. The Morgan fingerprint density at radius 3 is 1.39 bits per heavy atom. The maximum Gasteiger partial charge on any atom is 0.321 e. The zero-order valence-electron chi connectivity index (χ0n) is 9.37. The van der Waals surface area contributed by atoms with Crippen LogP contribution in [-0.2, 0) is 35.2 Å². The molecule has 0 saturated carbocycles. The first-order valence-corrected chi connectivity index (χ1v) is 5.93. The first-order valence-electron chi connectivity index (χ1n) is 4.67. The third kappa shape index (κ3) is 10.1. The summed E-state index contributed by atoms with van der Waals surface area (Å²) in [5.41, 5.74) is 0. The third-order valence-electron chi connectivity index (χ3n) is 1.87. The minimum Gasteiger partial charge on any atom is -2.00 e. The van der Waals surface area contributed by atoms with Crippen LogP contribution in [0.3, 0.4) is 0 Å². The maximum absolute atomic E-state index is 10.6. The van der Waals surface area contributed by atoms with Gasteiger partial charge in [0.2, 0.25) is 0 Å². The number of carboxylic acids is 2. The van der Waals surface area contributed by atoms with E-state index < -0.39 is 24.0 Å². The van der Waals surface area contributed by atoms with Crippen molar-refractivity contribution in [2.75, 3.05) is 24.6 Å². The first-order chi connectivity index (χ1) is 7.52. The third-order valence-corrected chi connectivity index (χ3v) is 2.60. The molecule has 10 heteroatoms. The standard InChI is InChI=1S/C8H16N2O4S2.O.Tc/c11-7(12)5(3-15)9-1-2-10-6(4-16)8(13)14;;/h5-6,9-10,15-16H,1-4H2,(H,11,12)(H,13,14);;/q;-2;/t5-,6?;;/m1../s1/i;;1+1. The first kappa shape index (κ1) is 23.3. The van der Waals surface area contributed by atoms with E-state index in [0.717, 1.165) is 0 Å². The second-order valence-electron chi connectivity index (χ2n) is 3.06. The van der Waals surface area contributed by atoms with Crippen LogP contribution >= 0.6 is 25.3 Å². The molecule has 0 aliphatic heterocycles. The summed E-state index contributed by atoms with van der Waals surface area (Å²) < 4.78 is 0. The summed E-state index contributed by atoms with van der Waals surface area (Å²) in [5, 5.41) is 22.8. The molecular weight excluding hydrogens is 367 g/mol. The predicted octanol–water partition coefficient (Wildman–Crippen LogP) is -1.19. The van der Waals surface area contributed by atoms with E-state index in [1.165, 1.54) is 0 Å². The molecule has 1 unspecified atom stereocenters. The Kier molecular flexibility index (Phi) is 17.6. The molecule has 0 aromatic carbocycles. The summed E-state index contributed by atoms with van der Waals surface area (Å²) in [6.45, 7) is 0.712. The van der Waals surface area contributed by atoms with E-state index in [1.807, 2.05) is 0 Å².